The minimum atomic E-state index is -0.916. The molecular weight excluding hydrogens is 905 g/mol. The molecule has 0 unspecified atom stereocenters. The summed E-state index contributed by atoms with van der Waals surface area (Å²) >= 11 is 0. The third-order valence-electron chi connectivity index (χ3n) is 19.7. The van der Waals surface area contributed by atoms with Gasteiger partial charge in [-0.3, -0.25) is 14.5 Å². The third kappa shape index (κ3) is 7.78. The minimum Gasteiger partial charge on any atom is -0.427 e. The summed E-state index contributed by atoms with van der Waals surface area (Å²) in [5.41, 5.74) is 4.91. The van der Waals surface area contributed by atoms with E-state index in [1.165, 1.54) is 74.0 Å². The standard InChI is InChI=1S/C56H70N4O7S2/c1-2-55(23-9-10-24-55)40-17-15-35-27-38-37-21-25-56(49(38)48-46(35)51(40)67-53(48)64)42-18-16-36(32-11-5-3-6-12-32)52(58-29-41(61)33-13-7-4-8-14-33)69-68-31-59-43-28-34(22-26-57-43)39(47(37)50(56)54(65)66-42)30-60-44(62)19-20-45(60)63/h18-20,22,26,28,32-33,35-39,41,49,52,58,61H,2-17,21,23-25,27,29-31H2,1H3,(H,57,59)/b42-18-/t35-,36-,37-,38-,39+,41-,49+,52-,56-/m0/s1. The Bertz CT molecular complexity index is 2420. The number of ether oxygens (including phenoxy) is 2. The SMILES string of the molecule is CCC1(C2=C3OC(=O)C4=C3[C@@H](CC2)C[C@H]2[C@@H]3CC[C@@]5(C6=C3[C@H](CN3C(=O)C=CC3=O)c3ccnc(c3)NCSS[C@H](NC[C@H](O)C3CCCCC3)[C@H](C3CCCCC3)C/C=C/5OC6=O)[C@@H]42)CCCC1. The fourth-order valence-electron chi connectivity index (χ4n) is 16.4. The van der Waals surface area contributed by atoms with E-state index in [1.807, 2.05) is 22.9 Å². The first kappa shape index (κ1) is 46.4. The number of hydrogen-bond donors (Lipinski definition) is 3. The van der Waals surface area contributed by atoms with Crippen LogP contribution in [0.4, 0.5) is 5.82 Å². The maximum atomic E-state index is 15.4. The monoisotopic (exact) mass is 974 g/mol. The predicted molar refractivity (Wildman–Crippen MR) is 268 cm³/mol. The first-order valence-corrected chi connectivity index (χ1v) is 29.4. The number of aromatic nitrogens is 1. The van der Waals surface area contributed by atoms with Crippen LogP contribution >= 0.6 is 21.6 Å². The Morgan fingerprint density at radius 2 is 1.67 bits per heavy atom. The van der Waals surface area contributed by atoms with Gasteiger partial charge in [-0.25, -0.2) is 14.6 Å². The van der Waals surface area contributed by atoms with Gasteiger partial charge in [-0.05, 0) is 146 Å². The third-order valence-corrected chi connectivity index (χ3v) is 22.2. The van der Waals surface area contributed by atoms with E-state index in [0.29, 0.717) is 54.2 Å². The van der Waals surface area contributed by atoms with Crippen molar-refractivity contribution in [1.82, 2.24) is 15.2 Å². The van der Waals surface area contributed by atoms with Crippen molar-refractivity contribution < 1.29 is 33.8 Å². The molecule has 4 saturated carbocycles. The van der Waals surface area contributed by atoms with Crippen LogP contribution in [0.15, 0.2) is 75.9 Å². The lowest BCUT2D eigenvalue weighted by atomic mass is 9.42. The largest absolute Gasteiger partial charge is 0.427 e. The number of imide groups is 1. The second kappa shape index (κ2) is 18.8. The van der Waals surface area contributed by atoms with Crippen molar-refractivity contribution in [3.63, 3.8) is 0 Å². The topological polar surface area (TPSA) is 147 Å². The molecule has 9 atom stereocenters. The number of rotatable bonds is 9. The van der Waals surface area contributed by atoms with Crippen molar-refractivity contribution in [2.24, 2.45) is 52.3 Å². The molecule has 4 aliphatic heterocycles. The molecule has 1 saturated heterocycles. The van der Waals surface area contributed by atoms with Crippen LogP contribution in [0.3, 0.4) is 0 Å². The summed E-state index contributed by atoms with van der Waals surface area (Å²) in [5.74, 6) is 1.82. The van der Waals surface area contributed by atoms with Gasteiger partial charge >= 0.3 is 11.9 Å². The number of carbonyl (C=O) groups excluding carboxylic acids is 4. The van der Waals surface area contributed by atoms with Gasteiger partial charge in [-0.1, -0.05) is 92.7 Å². The fraction of sp³-hybridized carbons (Fsp3) is 0.661. The van der Waals surface area contributed by atoms with Crippen molar-refractivity contribution in [2.75, 3.05) is 24.3 Å². The lowest BCUT2D eigenvalue weighted by Gasteiger charge is -2.58. The van der Waals surface area contributed by atoms with E-state index in [9.17, 15) is 14.7 Å². The Balaban J connectivity index is 1.03. The molecule has 69 heavy (non-hydrogen) atoms. The van der Waals surface area contributed by atoms with Crippen LogP contribution in [0, 0.1) is 52.3 Å². The molecule has 13 rings (SSSR count). The van der Waals surface area contributed by atoms with Crippen molar-refractivity contribution in [3.8, 4) is 0 Å². The van der Waals surface area contributed by atoms with E-state index >= 15 is 9.59 Å². The maximum Gasteiger partial charge on any atom is 0.340 e. The van der Waals surface area contributed by atoms with Gasteiger partial charge in [-0.15, -0.1) is 0 Å². The number of carbonyl (C=O) groups is 4. The highest BCUT2D eigenvalue weighted by Crippen LogP contribution is 2.73. The molecule has 368 valence electrons. The van der Waals surface area contributed by atoms with E-state index in [0.717, 1.165) is 98.7 Å². The first-order chi connectivity index (χ1) is 33.7. The molecule has 0 radical (unpaired) electrons. The Kier molecular flexibility index (Phi) is 12.6. The number of aliphatic hydroxyl groups excluding tert-OH is 1. The van der Waals surface area contributed by atoms with Crippen molar-refractivity contribution in [1.29, 1.82) is 0 Å². The van der Waals surface area contributed by atoms with E-state index in [2.05, 4.69) is 23.6 Å². The number of hydrogen-bond acceptors (Lipinski definition) is 12. The molecule has 12 aliphatic rings. The second-order valence-corrected chi connectivity index (χ2v) is 25.2. The molecule has 5 fully saturated rings. The minimum absolute atomic E-state index is 0.0192. The summed E-state index contributed by atoms with van der Waals surface area (Å²) in [6.07, 6.45) is 28.7. The maximum absolute atomic E-state index is 15.4. The number of nitrogens with one attached hydrogen (secondary N) is 2. The van der Waals surface area contributed by atoms with Gasteiger partial charge < -0.3 is 25.2 Å². The van der Waals surface area contributed by atoms with Crippen LogP contribution in [0.5, 0.6) is 0 Å². The van der Waals surface area contributed by atoms with E-state index in [-0.39, 0.29) is 70.7 Å². The summed E-state index contributed by atoms with van der Waals surface area (Å²) in [6.45, 7) is 2.93. The van der Waals surface area contributed by atoms with Crippen molar-refractivity contribution >= 4 is 51.2 Å². The molecule has 5 heterocycles. The lowest BCUT2D eigenvalue weighted by molar-refractivity contribution is -0.137. The normalized spacial score (nSPS) is 35.8. The number of aliphatic hydroxyl groups is 1. The number of pyridine rings is 1. The van der Waals surface area contributed by atoms with Crippen molar-refractivity contribution in [2.45, 2.75) is 159 Å². The molecule has 8 aliphatic carbocycles. The number of nitrogens with zero attached hydrogens (tertiary/aromatic N) is 2. The summed E-state index contributed by atoms with van der Waals surface area (Å²) in [7, 11) is 3.59. The number of amides is 2. The molecular formula is C56H70N4O7S2. The van der Waals surface area contributed by atoms with E-state index in [4.69, 9.17) is 14.5 Å². The van der Waals surface area contributed by atoms with Crippen LogP contribution in [-0.2, 0) is 28.7 Å². The summed E-state index contributed by atoms with van der Waals surface area (Å²) < 4.78 is 13.5. The quantitative estimate of drug-likeness (QED) is 0.123. The van der Waals surface area contributed by atoms with Crippen molar-refractivity contribution in [3.05, 3.63) is 81.5 Å². The summed E-state index contributed by atoms with van der Waals surface area (Å²) in [4.78, 5) is 63.5. The zero-order chi connectivity index (χ0) is 47.0. The molecule has 1 spiro atoms. The molecule has 13 heteroatoms. The lowest BCUT2D eigenvalue weighted by Crippen LogP contribution is -2.54. The van der Waals surface area contributed by atoms with Gasteiger partial charge in [0.05, 0.1) is 28.3 Å². The van der Waals surface area contributed by atoms with E-state index in [1.54, 1.807) is 17.0 Å². The number of anilines is 1. The van der Waals surface area contributed by atoms with Crippen LogP contribution in [0.2, 0.25) is 0 Å². The van der Waals surface area contributed by atoms with Gasteiger partial charge in [-0.2, -0.15) is 0 Å². The Hall–Kier alpha value is -3.65. The highest BCUT2D eigenvalue weighted by atomic mass is 33.1. The van der Waals surface area contributed by atoms with Gasteiger partial charge in [0.15, 0.2) is 0 Å². The zero-order valence-electron chi connectivity index (χ0n) is 40.3. The Morgan fingerprint density at radius 3 is 2.43 bits per heavy atom. The van der Waals surface area contributed by atoms with Gasteiger partial charge in [0.2, 0.25) is 0 Å². The zero-order valence-corrected chi connectivity index (χ0v) is 41.9. The summed E-state index contributed by atoms with van der Waals surface area (Å²) in [5, 5.41) is 19.2. The van der Waals surface area contributed by atoms with Gasteiger partial charge in [0, 0.05) is 54.4 Å². The Morgan fingerprint density at radius 1 is 0.899 bits per heavy atom. The number of allylic oxidation sites excluding steroid dienone is 4. The average molecular weight is 975 g/mol. The number of esters is 2. The van der Waals surface area contributed by atoms with Gasteiger partial charge in [0.25, 0.3) is 11.8 Å². The molecule has 1 aromatic heterocycles. The molecule has 1 aromatic rings. The van der Waals surface area contributed by atoms with Gasteiger partial charge in [0.1, 0.15) is 17.3 Å². The predicted octanol–water partition coefficient (Wildman–Crippen LogP) is 10.6. The highest BCUT2D eigenvalue weighted by molar-refractivity contribution is 8.76. The smallest absolute Gasteiger partial charge is 0.340 e. The second-order valence-electron chi connectivity index (χ2n) is 22.7. The Labute approximate surface area is 415 Å². The molecule has 7 bridgehead atoms. The highest BCUT2D eigenvalue weighted by Gasteiger charge is 2.70. The van der Waals surface area contributed by atoms with E-state index < -0.39 is 17.4 Å². The van der Waals surface area contributed by atoms with Crippen LogP contribution in [-0.4, -0.2) is 69.2 Å². The molecule has 2 amide bonds. The van der Waals surface area contributed by atoms with Crippen LogP contribution in [0.1, 0.15) is 153 Å². The number of fused-ring (bicyclic) bond motifs is 3. The average Bonchev–Trinajstić information content (AvgIpc) is 4.16. The fourth-order valence-corrected chi connectivity index (χ4v) is 19.0. The molecule has 0 aromatic carbocycles. The van der Waals surface area contributed by atoms with Crippen LogP contribution < -0.4 is 10.6 Å². The molecule has 3 N–H and O–H groups in total. The summed E-state index contributed by atoms with van der Waals surface area (Å²) in [6, 6.07) is 4.02. The molecule has 11 nitrogen and oxygen atoms in total. The first-order valence-electron chi connectivity index (χ1n) is 27.0. The van der Waals surface area contributed by atoms with Crippen LogP contribution in [0.25, 0.3) is 0 Å².